The van der Waals surface area contributed by atoms with E-state index in [1.165, 1.54) is 44.1 Å². The van der Waals surface area contributed by atoms with E-state index in [2.05, 4.69) is 50.5 Å². The summed E-state index contributed by atoms with van der Waals surface area (Å²) in [5.74, 6) is -0.164. The molecule has 1 aromatic carbocycles. The Morgan fingerprint density at radius 3 is 2.55 bits per heavy atom. The van der Waals surface area contributed by atoms with Crippen LogP contribution in [-0.4, -0.2) is 41.4 Å². The van der Waals surface area contributed by atoms with Crippen LogP contribution in [0.5, 0.6) is 0 Å². The van der Waals surface area contributed by atoms with Gasteiger partial charge in [0, 0.05) is 24.9 Å². The van der Waals surface area contributed by atoms with Crippen molar-refractivity contribution in [2.24, 2.45) is 0 Å². The van der Waals surface area contributed by atoms with Crippen LogP contribution in [0, 0.1) is 0 Å². The SMILES string of the molecule is CN[C@@H](Cc1cncn1CCCCCCCCc1ccccc1)C(=O)NCC=O. The molecule has 1 atom stereocenters. The highest BCUT2D eigenvalue weighted by atomic mass is 16.2. The molecule has 0 aliphatic heterocycles. The van der Waals surface area contributed by atoms with E-state index in [0.29, 0.717) is 12.7 Å². The maximum atomic E-state index is 12.1. The van der Waals surface area contributed by atoms with Crippen LogP contribution in [0.25, 0.3) is 0 Å². The number of aldehydes is 1. The Morgan fingerprint density at radius 1 is 1.10 bits per heavy atom. The smallest absolute Gasteiger partial charge is 0.237 e. The number of nitrogens with zero attached hydrogens (tertiary/aromatic N) is 2. The molecule has 0 fully saturated rings. The number of hydrogen-bond acceptors (Lipinski definition) is 4. The molecule has 1 aromatic heterocycles. The molecule has 0 spiro atoms. The third-order valence-electron chi connectivity index (χ3n) is 5.19. The third kappa shape index (κ3) is 8.60. The summed E-state index contributed by atoms with van der Waals surface area (Å²) in [4.78, 5) is 26.8. The summed E-state index contributed by atoms with van der Waals surface area (Å²) in [5, 5.41) is 5.62. The van der Waals surface area contributed by atoms with Gasteiger partial charge >= 0.3 is 0 Å². The van der Waals surface area contributed by atoms with Crippen molar-refractivity contribution >= 4 is 12.2 Å². The minimum Gasteiger partial charge on any atom is -0.348 e. The summed E-state index contributed by atoms with van der Waals surface area (Å²) in [6.07, 6.45) is 13.5. The van der Waals surface area contributed by atoms with E-state index in [1.54, 1.807) is 7.05 Å². The predicted molar refractivity (Wildman–Crippen MR) is 116 cm³/mol. The molecule has 6 nitrogen and oxygen atoms in total. The number of aromatic nitrogens is 2. The summed E-state index contributed by atoms with van der Waals surface area (Å²) in [6, 6.07) is 10.3. The molecule has 0 saturated heterocycles. The van der Waals surface area contributed by atoms with E-state index in [0.717, 1.165) is 18.7 Å². The minimum atomic E-state index is -0.366. The van der Waals surface area contributed by atoms with E-state index >= 15 is 0 Å². The molecule has 1 heterocycles. The molecule has 158 valence electrons. The molecule has 29 heavy (non-hydrogen) atoms. The average Bonchev–Trinajstić information content (AvgIpc) is 3.19. The standard InChI is InChI=1S/C23H34N4O2/c1-24-22(23(29)26-14-16-28)17-21-18-25-19-27(21)15-10-5-3-2-4-7-11-20-12-8-6-9-13-20/h6,8-9,12-13,16,18-19,22,24H,2-5,7,10-11,14-15,17H2,1H3,(H,26,29)/t22-/m0/s1. The molecule has 0 radical (unpaired) electrons. The molecule has 2 aromatic rings. The van der Waals surface area contributed by atoms with Gasteiger partial charge in [0.1, 0.15) is 6.29 Å². The fourth-order valence-electron chi connectivity index (χ4n) is 3.48. The van der Waals surface area contributed by atoms with Gasteiger partial charge in [-0.15, -0.1) is 0 Å². The van der Waals surface area contributed by atoms with Gasteiger partial charge in [-0.05, 0) is 31.9 Å². The number of likely N-dealkylation sites (N-methyl/N-ethyl adjacent to an activating group) is 1. The zero-order valence-electron chi connectivity index (χ0n) is 17.5. The number of benzene rings is 1. The van der Waals surface area contributed by atoms with Crippen molar-refractivity contribution in [3.63, 3.8) is 0 Å². The highest BCUT2D eigenvalue weighted by molar-refractivity contribution is 5.83. The first-order valence-corrected chi connectivity index (χ1v) is 10.7. The number of hydrogen-bond donors (Lipinski definition) is 2. The van der Waals surface area contributed by atoms with E-state index < -0.39 is 0 Å². The van der Waals surface area contributed by atoms with E-state index in [4.69, 9.17) is 0 Å². The Bertz CT molecular complexity index is 715. The number of carbonyl (C=O) groups is 2. The van der Waals surface area contributed by atoms with Crippen LogP contribution in [0.4, 0.5) is 0 Å². The average molecular weight is 399 g/mol. The minimum absolute atomic E-state index is 0.0433. The number of imidazole rings is 1. The molecule has 0 aliphatic rings. The van der Waals surface area contributed by atoms with Gasteiger partial charge in [0.15, 0.2) is 0 Å². The van der Waals surface area contributed by atoms with Gasteiger partial charge in [-0.1, -0.05) is 56.0 Å². The van der Waals surface area contributed by atoms with Crippen LogP contribution >= 0.6 is 0 Å². The number of unbranched alkanes of at least 4 members (excludes halogenated alkanes) is 5. The maximum Gasteiger partial charge on any atom is 0.237 e. The van der Waals surface area contributed by atoms with Gasteiger partial charge in [0.05, 0.1) is 18.9 Å². The Balaban J connectivity index is 1.61. The Kier molecular flexibility index (Phi) is 10.7. The van der Waals surface area contributed by atoms with Gasteiger partial charge in [0.25, 0.3) is 0 Å². The maximum absolute atomic E-state index is 12.1. The van der Waals surface area contributed by atoms with Crippen molar-refractivity contribution in [1.82, 2.24) is 20.2 Å². The normalized spacial score (nSPS) is 11.9. The van der Waals surface area contributed by atoms with Crippen LogP contribution in [0.1, 0.15) is 49.8 Å². The first-order valence-electron chi connectivity index (χ1n) is 10.7. The van der Waals surface area contributed by atoms with E-state index in [1.807, 2.05) is 12.5 Å². The Morgan fingerprint density at radius 2 is 1.83 bits per heavy atom. The molecule has 2 rings (SSSR count). The largest absolute Gasteiger partial charge is 0.348 e. The van der Waals surface area contributed by atoms with Crippen LogP contribution in [0.2, 0.25) is 0 Å². The van der Waals surface area contributed by atoms with Gasteiger partial charge in [0.2, 0.25) is 5.91 Å². The van der Waals surface area contributed by atoms with Crippen molar-refractivity contribution in [2.45, 2.75) is 64.0 Å². The van der Waals surface area contributed by atoms with E-state index in [9.17, 15) is 9.59 Å². The first-order chi connectivity index (χ1) is 14.2. The lowest BCUT2D eigenvalue weighted by molar-refractivity contribution is -0.124. The highest BCUT2D eigenvalue weighted by Gasteiger charge is 2.18. The highest BCUT2D eigenvalue weighted by Crippen LogP contribution is 2.11. The third-order valence-corrected chi connectivity index (χ3v) is 5.19. The molecule has 0 bridgehead atoms. The van der Waals surface area contributed by atoms with Crippen LogP contribution < -0.4 is 10.6 Å². The van der Waals surface area contributed by atoms with Gasteiger partial charge in [-0.25, -0.2) is 4.98 Å². The van der Waals surface area contributed by atoms with Crippen molar-refractivity contribution in [3.05, 3.63) is 54.1 Å². The van der Waals surface area contributed by atoms with Gasteiger partial charge in [-0.2, -0.15) is 0 Å². The second-order valence-corrected chi connectivity index (χ2v) is 7.39. The van der Waals surface area contributed by atoms with Crippen molar-refractivity contribution < 1.29 is 9.59 Å². The Hall–Kier alpha value is -2.47. The summed E-state index contributed by atoms with van der Waals surface area (Å²) < 4.78 is 2.13. The summed E-state index contributed by atoms with van der Waals surface area (Å²) >= 11 is 0. The second kappa shape index (κ2) is 13.7. The lowest BCUT2D eigenvalue weighted by Crippen LogP contribution is -2.44. The zero-order chi connectivity index (χ0) is 20.7. The van der Waals surface area contributed by atoms with Crippen LogP contribution in [0.15, 0.2) is 42.9 Å². The number of amides is 1. The molecule has 0 aliphatic carbocycles. The topological polar surface area (TPSA) is 76.0 Å². The molecular weight excluding hydrogens is 364 g/mol. The molecule has 2 N–H and O–H groups in total. The quantitative estimate of drug-likeness (QED) is 0.357. The number of nitrogens with one attached hydrogen (secondary N) is 2. The molecular formula is C23H34N4O2. The molecule has 0 saturated carbocycles. The Labute approximate surface area is 174 Å². The molecule has 1 amide bonds. The summed E-state index contributed by atoms with van der Waals surface area (Å²) in [6.45, 7) is 0.966. The van der Waals surface area contributed by atoms with E-state index in [-0.39, 0.29) is 18.5 Å². The number of rotatable bonds is 15. The lowest BCUT2D eigenvalue weighted by Gasteiger charge is -2.16. The lowest BCUT2D eigenvalue weighted by atomic mass is 10.0. The fourth-order valence-corrected chi connectivity index (χ4v) is 3.48. The number of carbonyl (C=O) groups excluding carboxylic acids is 2. The van der Waals surface area contributed by atoms with Gasteiger partial charge in [-0.3, -0.25) is 4.79 Å². The van der Waals surface area contributed by atoms with Crippen molar-refractivity contribution in [1.29, 1.82) is 0 Å². The number of aryl methyl sites for hydroxylation is 2. The fraction of sp³-hybridized carbons (Fsp3) is 0.522. The summed E-state index contributed by atoms with van der Waals surface area (Å²) in [7, 11) is 1.75. The van der Waals surface area contributed by atoms with Crippen molar-refractivity contribution in [2.75, 3.05) is 13.6 Å². The zero-order valence-corrected chi connectivity index (χ0v) is 17.5. The second-order valence-electron chi connectivity index (χ2n) is 7.39. The predicted octanol–water partition coefficient (Wildman–Crippen LogP) is 2.91. The monoisotopic (exact) mass is 398 g/mol. The van der Waals surface area contributed by atoms with Crippen LogP contribution in [-0.2, 0) is 29.0 Å². The van der Waals surface area contributed by atoms with Gasteiger partial charge < -0.3 is 20.0 Å². The molecule has 0 unspecified atom stereocenters. The summed E-state index contributed by atoms with van der Waals surface area (Å²) in [5.41, 5.74) is 2.47. The first kappa shape index (κ1) is 22.8. The van der Waals surface area contributed by atoms with Crippen molar-refractivity contribution in [3.8, 4) is 0 Å². The van der Waals surface area contributed by atoms with Crippen LogP contribution in [0.3, 0.4) is 0 Å². The molecule has 6 heteroatoms.